The minimum Gasteiger partial charge on any atom is -0.294 e. The van der Waals surface area contributed by atoms with Gasteiger partial charge in [0, 0.05) is 12.0 Å². The fraction of sp³-hybridized carbons (Fsp3) is 0.409. The van der Waals surface area contributed by atoms with Crippen LogP contribution >= 0.6 is 0 Å². The van der Waals surface area contributed by atoms with Gasteiger partial charge in [-0.25, -0.2) is 4.39 Å². The molecule has 0 aliphatic rings. The Bertz CT molecular complexity index is 628. The summed E-state index contributed by atoms with van der Waals surface area (Å²) in [4.78, 5) is 12.3. The molecule has 0 saturated heterocycles. The van der Waals surface area contributed by atoms with Gasteiger partial charge in [-0.3, -0.25) is 4.79 Å². The molecule has 24 heavy (non-hydrogen) atoms. The fourth-order valence-corrected chi connectivity index (χ4v) is 3.15. The van der Waals surface area contributed by atoms with Crippen LogP contribution in [0.25, 0.3) is 11.1 Å². The predicted molar refractivity (Wildman–Crippen MR) is 98.7 cm³/mol. The van der Waals surface area contributed by atoms with Crippen molar-refractivity contribution in [1.82, 2.24) is 0 Å². The van der Waals surface area contributed by atoms with Gasteiger partial charge < -0.3 is 0 Å². The summed E-state index contributed by atoms with van der Waals surface area (Å²) in [6, 6.07) is 14.0. The van der Waals surface area contributed by atoms with Gasteiger partial charge in [-0.05, 0) is 35.6 Å². The molecule has 0 heterocycles. The molecular weight excluding hydrogens is 299 g/mol. The van der Waals surface area contributed by atoms with Gasteiger partial charge in [-0.15, -0.1) is 0 Å². The van der Waals surface area contributed by atoms with Crippen LogP contribution in [-0.2, 0) is 0 Å². The Hall–Kier alpha value is -1.96. The summed E-state index contributed by atoms with van der Waals surface area (Å²) in [5.41, 5.74) is 2.73. The van der Waals surface area contributed by atoms with E-state index in [1.54, 1.807) is 12.1 Å². The van der Waals surface area contributed by atoms with Gasteiger partial charge in [0.25, 0.3) is 0 Å². The quantitative estimate of drug-likeness (QED) is 0.470. The van der Waals surface area contributed by atoms with Crippen molar-refractivity contribution in [2.75, 3.05) is 0 Å². The van der Waals surface area contributed by atoms with Crippen LogP contribution in [0, 0.1) is 11.7 Å². The second-order valence-electron chi connectivity index (χ2n) is 6.46. The third-order valence-electron chi connectivity index (χ3n) is 4.67. The third kappa shape index (κ3) is 5.30. The molecule has 1 unspecified atom stereocenters. The average molecular weight is 326 g/mol. The van der Waals surface area contributed by atoms with Gasteiger partial charge in [0.2, 0.25) is 0 Å². The van der Waals surface area contributed by atoms with Gasteiger partial charge in [-0.1, -0.05) is 75.9 Å². The molecule has 0 bridgehead atoms. The van der Waals surface area contributed by atoms with E-state index < -0.39 is 0 Å². The van der Waals surface area contributed by atoms with Crippen molar-refractivity contribution in [3.05, 3.63) is 59.9 Å². The summed E-state index contributed by atoms with van der Waals surface area (Å²) in [5.74, 6) is 0.731. The van der Waals surface area contributed by atoms with Crippen LogP contribution in [0.1, 0.15) is 62.7 Å². The van der Waals surface area contributed by atoms with Crippen molar-refractivity contribution < 1.29 is 9.18 Å². The summed E-state index contributed by atoms with van der Waals surface area (Å²) in [7, 11) is 0. The number of Topliss-reactive ketones (excluding diaryl/α,β-unsaturated/α-hetero) is 1. The molecule has 0 N–H and O–H groups in total. The van der Waals surface area contributed by atoms with E-state index in [-0.39, 0.29) is 11.6 Å². The predicted octanol–water partition coefficient (Wildman–Crippen LogP) is 6.67. The van der Waals surface area contributed by atoms with Crippen molar-refractivity contribution in [2.24, 2.45) is 5.92 Å². The van der Waals surface area contributed by atoms with Crippen LogP contribution < -0.4 is 0 Å². The number of ketones is 1. The van der Waals surface area contributed by atoms with Gasteiger partial charge in [0.1, 0.15) is 5.82 Å². The minimum atomic E-state index is -0.237. The molecule has 128 valence electrons. The molecule has 0 amide bonds. The summed E-state index contributed by atoms with van der Waals surface area (Å²) < 4.78 is 13.0. The molecule has 0 aromatic heterocycles. The largest absolute Gasteiger partial charge is 0.294 e. The third-order valence-corrected chi connectivity index (χ3v) is 4.67. The number of hydrogen-bond acceptors (Lipinski definition) is 1. The molecule has 0 fully saturated rings. The summed E-state index contributed by atoms with van der Waals surface area (Å²) in [6.07, 6.45) is 6.42. The Morgan fingerprint density at radius 3 is 2.04 bits per heavy atom. The van der Waals surface area contributed by atoms with Crippen LogP contribution in [0.5, 0.6) is 0 Å². The monoisotopic (exact) mass is 326 g/mol. The molecule has 1 atom stereocenters. The molecular formula is C22H27FO. The van der Waals surface area contributed by atoms with Crippen molar-refractivity contribution >= 4 is 5.78 Å². The van der Waals surface area contributed by atoms with Crippen molar-refractivity contribution in [3.8, 4) is 11.1 Å². The van der Waals surface area contributed by atoms with Gasteiger partial charge in [0.15, 0.2) is 5.78 Å². The molecule has 0 aliphatic carbocycles. The molecule has 2 aromatic carbocycles. The number of rotatable bonds is 9. The van der Waals surface area contributed by atoms with E-state index >= 15 is 0 Å². The van der Waals surface area contributed by atoms with Gasteiger partial charge in [0.05, 0.1) is 0 Å². The molecule has 0 saturated carbocycles. The van der Waals surface area contributed by atoms with Crippen LogP contribution in [0.3, 0.4) is 0 Å². The molecule has 1 nitrogen and oxygen atoms in total. The lowest BCUT2D eigenvalue weighted by Crippen LogP contribution is -2.03. The van der Waals surface area contributed by atoms with E-state index in [1.807, 2.05) is 24.3 Å². The molecule has 0 spiro atoms. The number of carbonyl (C=O) groups excluding carboxylic acids is 1. The average Bonchev–Trinajstić information content (AvgIpc) is 2.61. The second-order valence-corrected chi connectivity index (χ2v) is 6.46. The molecule has 0 radical (unpaired) electrons. The maximum atomic E-state index is 13.0. The Labute approximate surface area is 144 Å². The van der Waals surface area contributed by atoms with Crippen molar-refractivity contribution in [1.29, 1.82) is 0 Å². The first-order valence-corrected chi connectivity index (χ1v) is 9.03. The van der Waals surface area contributed by atoms with Crippen LogP contribution in [-0.4, -0.2) is 5.78 Å². The lowest BCUT2D eigenvalue weighted by atomic mass is 9.93. The highest BCUT2D eigenvalue weighted by Gasteiger charge is 2.09. The summed E-state index contributed by atoms with van der Waals surface area (Å²) in [6.45, 7) is 4.45. The smallest absolute Gasteiger partial charge is 0.162 e. The van der Waals surface area contributed by atoms with E-state index in [1.165, 1.54) is 31.4 Å². The topological polar surface area (TPSA) is 17.1 Å². The lowest BCUT2D eigenvalue weighted by molar-refractivity contribution is 0.0977. The highest BCUT2D eigenvalue weighted by molar-refractivity contribution is 5.96. The first-order valence-electron chi connectivity index (χ1n) is 9.03. The number of benzene rings is 2. The lowest BCUT2D eigenvalue weighted by Gasteiger charge is -2.12. The molecule has 2 rings (SSSR count). The number of carbonyl (C=O) groups is 1. The van der Waals surface area contributed by atoms with Crippen LogP contribution in [0.15, 0.2) is 48.5 Å². The SMILES string of the molecule is CCCC(CC)CCCC(=O)c1ccc(-c2ccc(F)cc2)cc1. The fourth-order valence-electron chi connectivity index (χ4n) is 3.15. The van der Waals surface area contributed by atoms with Crippen molar-refractivity contribution in [3.63, 3.8) is 0 Å². The van der Waals surface area contributed by atoms with Gasteiger partial charge >= 0.3 is 0 Å². The Morgan fingerprint density at radius 1 is 0.917 bits per heavy atom. The highest BCUT2D eigenvalue weighted by atomic mass is 19.1. The Morgan fingerprint density at radius 2 is 1.50 bits per heavy atom. The van der Waals surface area contributed by atoms with Crippen molar-refractivity contribution in [2.45, 2.75) is 52.4 Å². The first-order chi connectivity index (χ1) is 11.6. The maximum Gasteiger partial charge on any atom is 0.162 e. The van der Waals surface area contributed by atoms with Gasteiger partial charge in [-0.2, -0.15) is 0 Å². The zero-order valence-corrected chi connectivity index (χ0v) is 14.7. The number of hydrogen-bond donors (Lipinski definition) is 0. The van der Waals surface area contributed by atoms with E-state index in [4.69, 9.17) is 0 Å². The van der Waals surface area contributed by atoms with E-state index in [2.05, 4.69) is 13.8 Å². The van der Waals surface area contributed by atoms with E-state index in [9.17, 15) is 9.18 Å². The van der Waals surface area contributed by atoms with E-state index in [0.717, 1.165) is 35.4 Å². The zero-order valence-electron chi connectivity index (χ0n) is 14.7. The standard InChI is InChI=1S/C22H27FO/c1-3-6-17(4-2)7-5-8-22(24)20-11-9-18(10-12-20)19-13-15-21(23)16-14-19/h9-17H,3-8H2,1-2H3. The minimum absolute atomic E-state index is 0.215. The van der Waals surface area contributed by atoms with E-state index in [0.29, 0.717) is 6.42 Å². The molecule has 0 aliphatic heterocycles. The Balaban J connectivity index is 1.90. The second kappa shape index (κ2) is 9.36. The highest BCUT2D eigenvalue weighted by Crippen LogP contribution is 2.22. The summed E-state index contributed by atoms with van der Waals surface area (Å²) >= 11 is 0. The van der Waals surface area contributed by atoms with Crippen LogP contribution in [0.2, 0.25) is 0 Å². The summed E-state index contributed by atoms with van der Waals surface area (Å²) in [5, 5.41) is 0. The normalized spacial score (nSPS) is 12.1. The first kappa shape index (κ1) is 18.4. The Kier molecular flexibility index (Phi) is 7.17. The zero-order chi connectivity index (χ0) is 17.4. The number of halogens is 1. The van der Waals surface area contributed by atoms with Crippen LogP contribution in [0.4, 0.5) is 4.39 Å². The maximum absolute atomic E-state index is 13.0. The molecule has 2 heteroatoms. The molecule has 2 aromatic rings.